The van der Waals surface area contributed by atoms with Crippen LogP contribution in [0.5, 0.6) is 0 Å². The Morgan fingerprint density at radius 1 is 0.917 bits per heavy atom. The third-order valence-corrected chi connectivity index (χ3v) is 3.98. The molecule has 0 fully saturated rings. The molecular formula is C17H11Cl2N5. The topological polar surface area (TPSA) is 55.6 Å². The fourth-order valence-electron chi connectivity index (χ4n) is 2.44. The van der Waals surface area contributed by atoms with Crippen LogP contribution >= 0.6 is 23.2 Å². The normalized spacial score (nSPS) is 10.9. The summed E-state index contributed by atoms with van der Waals surface area (Å²) in [6.45, 7) is 0. The van der Waals surface area contributed by atoms with E-state index in [0.717, 1.165) is 16.8 Å². The first-order valence-corrected chi connectivity index (χ1v) is 7.93. The van der Waals surface area contributed by atoms with Crippen molar-refractivity contribution in [3.8, 4) is 5.69 Å². The largest absolute Gasteiger partial charge is 0.339 e. The molecule has 7 heteroatoms. The second kappa shape index (κ2) is 6.11. The Labute approximate surface area is 147 Å². The maximum Gasteiger partial charge on any atom is 0.168 e. The standard InChI is InChI=1S/C17H11Cl2N5/c18-11-3-1-5-13(7-11)23-16-15-9-22-24(17(15)21-10-20-16)14-6-2-4-12(19)8-14/h1-10H,(H,20,21,23). The zero-order valence-electron chi connectivity index (χ0n) is 12.3. The van der Waals surface area contributed by atoms with Gasteiger partial charge in [0.25, 0.3) is 0 Å². The fraction of sp³-hybridized carbons (Fsp3) is 0. The molecule has 0 aliphatic carbocycles. The summed E-state index contributed by atoms with van der Waals surface area (Å²) < 4.78 is 1.73. The molecule has 1 N–H and O–H groups in total. The number of rotatable bonds is 3. The number of benzene rings is 2. The Morgan fingerprint density at radius 3 is 2.50 bits per heavy atom. The second-order valence-electron chi connectivity index (χ2n) is 5.13. The predicted molar refractivity (Wildman–Crippen MR) is 96.4 cm³/mol. The highest BCUT2D eigenvalue weighted by Crippen LogP contribution is 2.26. The van der Waals surface area contributed by atoms with Crippen molar-refractivity contribution in [3.05, 3.63) is 71.1 Å². The van der Waals surface area contributed by atoms with Gasteiger partial charge in [-0.05, 0) is 36.4 Å². The minimum Gasteiger partial charge on any atom is -0.339 e. The van der Waals surface area contributed by atoms with Crippen LogP contribution in [0.25, 0.3) is 16.7 Å². The lowest BCUT2D eigenvalue weighted by molar-refractivity contribution is 0.895. The second-order valence-corrected chi connectivity index (χ2v) is 6.00. The van der Waals surface area contributed by atoms with E-state index in [0.29, 0.717) is 21.5 Å². The van der Waals surface area contributed by atoms with Crippen molar-refractivity contribution in [2.24, 2.45) is 0 Å². The first-order valence-electron chi connectivity index (χ1n) is 7.18. The molecule has 4 rings (SSSR count). The molecule has 0 aliphatic heterocycles. The minimum atomic E-state index is 0.641. The van der Waals surface area contributed by atoms with Crippen molar-refractivity contribution < 1.29 is 0 Å². The lowest BCUT2D eigenvalue weighted by Crippen LogP contribution is -1.99. The van der Waals surface area contributed by atoms with Crippen molar-refractivity contribution in [1.29, 1.82) is 0 Å². The molecule has 0 radical (unpaired) electrons. The summed E-state index contributed by atoms with van der Waals surface area (Å²) in [5.41, 5.74) is 2.37. The predicted octanol–water partition coefficient (Wildman–Crippen LogP) is 4.87. The fourth-order valence-corrected chi connectivity index (χ4v) is 2.82. The molecule has 0 spiro atoms. The SMILES string of the molecule is Clc1cccc(Nc2ncnc3c2cnn3-c2cccc(Cl)c2)c1. The van der Waals surface area contributed by atoms with E-state index >= 15 is 0 Å². The van der Waals surface area contributed by atoms with Gasteiger partial charge in [-0.2, -0.15) is 5.10 Å². The number of fused-ring (bicyclic) bond motifs is 1. The highest BCUT2D eigenvalue weighted by atomic mass is 35.5. The third kappa shape index (κ3) is 2.79. The maximum absolute atomic E-state index is 6.07. The Kier molecular flexibility index (Phi) is 3.80. The number of halogens is 2. The van der Waals surface area contributed by atoms with E-state index in [4.69, 9.17) is 23.2 Å². The Balaban J connectivity index is 1.79. The van der Waals surface area contributed by atoms with Crippen LogP contribution in [0.15, 0.2) is 61.1 Å². The quantitative estimate of drug-likeness (QED) is 0.569. The number of nitrogens with one attached hydrogen (secondary N) is 1. The molecule has 24 heavy (non-hydrogen) atoms. The maximum atomic E-state index is 6.07. The average Bonchev–Trinajstić information content (AvgIpc) is 3.00. The Bertz CT molecular complexity index is 1030. The monoisotopic (exact) mass is 355 g/mol. The van der Waals surface area contributed by atoms with Gasteiger partial charge in [-0.1, -0.05) is 35.3 Å². The molecule has 0 bridgehead atoms. The summed E-state index contributed by atoms with van der Waals surface area (Å²) in [7, 11) is 0. The molecule has 2 aromatic carbocycles. The lowest BCUT2D eigenvalue weighted by atomic mass is 10.3. The molecule has 0 atom stereocenters. The minimum absolute atomic E-state index is 0.641. The van der Waals surface area contributed by atoms with E-state index < -0.39 is 0 Å². The lowest BCUT2D eigenvalue weighted by Gasteiger charge is -2.07. The van der Waals surface area contributed by atoms with Crippen molar-refractivity contribution in [2.75, 3.05) is 5.32 Å². The zero-order valence-corrected chi connectivity index (χ0v) is 13.8. The molecule has 2 heterocycles. The van der Waals surface area contributed by atoms with Gasteiger partial charge < -0.3 is 5.32 Å². The molecule has 2 aromatic heterocycles. The Morgan fingerprint density at radius 2 is 1.71 bits per heavy atom. The molecular weight excluding hydrogens is 345 g/mol. The smallest absolute Gasteiger partial charge is 0.168 e. The van der Waals surface area contributed by atoms with Gasteiger partial charge in [0, 0.05) is 15.7 Å². The molecule has 0 saturated heterocycles. The molecule has 0 saturated carbocycles. The van der Waals surface area contributed by atoms with Crippen LogP contribution < -0.4 is 5.32 Å². The van der Waals surface area contributed by atoms with Crippen LogP contribution in [-0.4, -0.2) is 19.7 Å². The molecule has 118 valence electrons. The first kappa shape index (κ1) is 14.9. The molecule has 0 amide bonds. The summed E-state index contributed by atoms with van der Waals surface area (Å²) in [5.74, 6) is 0.663. The van der Waals surface area contributed by atoms with Crippen molar-refractivity contribution in [1.82, 2.24) is 19.7 Å². The molecule has 0 unspecified atom stereocenters. The van der Waals surface area contributed by atoms with E-state index in [1.807, 2.05) is 48.5 Å². The summed E-state index contributed by atoms with van der Waals surface area (Å²) >= 11 is 12.1. The summed E-state index contributed by atoms with van der Waals surface area (Å²) in [5, 5.41) is 9.76. The van der Waals surface area contributed by atoms with Crippen LogP contribution in [0.2, 0.25) is 10.0 Å². The van der Waals surface area contributed by atoms with Crippen LogP contribution in [0, 0.1) is 0 Å². The van der Waals surface area contributed by atoms with Crippen molar-refractivity contribution >= 4 is 45.7 Å². The van der Waals surface area contributed by atoms with Gasteiger partial charge in [0.2, 0.25) is 0 Å². The highest BCUT2D eigenvalue weighted by molar-refractivity contribution is 6.31. The van der Waals surface area contributed by atoms with Crippen LogP contribution in [0.1, 0.15) is 0 Å². The van der Waals surface area contributed by atoms with E-state index in [2.05, 4.69) is 20.4 Å². The van der Waals surface area contributed by atoms with Gasteiger partial charge >= 0.3 is 0 Å². The average molecular weight is 356 g/mol. The van der Waals surface area contributed by atoms with Gasteiger partial charge in [-0.25, -0.2) is 14.6 Å². The van der Waals surface area contributed by atoms with E-state index in [9.17, 15) is 0 Å². The van der Waals surface area contributed by atoms with E-state index in [1.165, 1.54) is 6.33 Å². The highest BCUT2D eigenvalue weighted by Gasteiger charge is 2.11. The molecule has 5 nitrogen and oxygen atoms in total. The van der Waals surface area contributed by atoms with E-state index in [-0.39, 0.29) is 0 Å². The zero-order chi connectivity index (χ0) is 16.5. The number of hydrogen-bond acceptors (Lipinski definition) is 4. The number of nitrogens with zero attached hydrogens (tertiary/aromatic N) is 4. The van der Waals surface area contributed by atoms with Crippen LogP contribution in [0.3, 0.4) is 0 Å². The number of hydrogen-bond donors (Lipinski definition) is 1. The van der Waals surface area contributed by atoms with Gasteiger partial charge in [0.15, 0.2) is 5.65 Å². The first-order chi connectivity index (χ1) is 11.7. The summed E-state index contributed by atoms with van der Waals surface area (Å²) in [6, 6.07) is 14.9. The Hall–Kier alpha value is -2.63. The summed E-state index contributed by atoms with van der Waals surface area (Å²) in [4.78, 5) is 8.66. The van der Waals surface area contributed by atoms with E-state index in [1.54, 1.807) is 10.9 Å². The van der Waals surface area contributed by atoms with Gasteiger partial charge in [-0.3, -0.25) is 0 Å². The van der Waals surface area contributed by atoms with Crippen molar-refractivity contribution in [2.45, 2.75) is 0 Å². The molecule has 0 aliphatic rings. The van der Waals surface area contributed by atoms with Crippen LogP contribution in [0.4, 0.5) is 11.5 Å². The molecule has 4 aromatic rings. The summed E-state index contributed by atoms with van der Waals surface area (Å²) in [6.07, 6.45) is 3.22. The van der Waals surface area contributed by atoms with Gasteiger partial charge in [0.1, 0.15) is 12.1 Å². The van der Waals surface area contributed by atoms with Crippen molar-refractivity contribution in [3.63, 3.8) is 0 Å². The van der Waals surface area contributed by atoms with Crippen LogP contribution in [-0.2, 0) is 0 Å². The van der Waals surface area contributed by atoms with Gasteiger partial charge in [0.05, 0.1) is 17.3 Å². The van der Waals surface area contributed by atoms with Gasteiger partial charge in [-0.15, -0.1) is 0 Å². The number of aromatic nitrogens is 4. The third-order valence-electron chi connectivity index (χ3n) is 3.51. The number of anilines is 2.